The summed E-state index contributed by atoms with van der Waals surface area (Å²) < 4.78 is 43.2. The number of alkyl halides is 3. The Morgan fingerprint density at radius 2 is 2.00 bits per heavy atom. The predicted molar refractivity (Wildman–Crippen MR) is 77.8 cm³/mol. The second-order valence-electron chi connectivity index (χ2n) is 5.27. The summed E-state index contributed by atoms with van der Waals surface area (Å²) in [6.07, 6.45) is -3.71. The molecule has 2 aromatic rings. The molecule has 0 unspecified atom stereocenters. The number of hydrogen-bond donors (Lipinski definition) is 2. The van der Waals surface area contributed by atoms with E-state index in [0.29, 0.717) is 5.76 Å². The monoisotopic (exact) mass is 356 g/mol. The van der Waals surface area contributed by atoms with Gasteiger partial charge >= 0.3 is 6.18 Å². The van der Waals surface area contributed by atoms with Crippen LogP contribution in [-0.2, 0) is 22.3 Å². The molecular formula is C16H15F3N2O4. The molecule has 2 rings (SSSR count). The van der Waals surface area contributed by atoms with E-state index < -0.39 is 36.1 Å². The van der Waals surface area contributed by atoms with Crippen LogP contribution < -0.4 is 15.7 Å². The molecular weight excluding hydrogens is 341 g/mol. The number of benzene rings is 1. The van der Waals surface area contributed by atoms with Crippen molar-refractivity contribution in [3.8, 4) is 0 Å². The number of amides is 1. The van der Waals surface area contributed by atoms with Crippen molar-refractivity contribution in [2.24, 2.45) is 0 Å². The summed E-state index contributed by atoms with van der Waals surface area (Å²) in [6.45, 7) is 0.195. The topological polar surface area (TPSA) is 99.0 Å². The van der Waals surface area contributed by atoms with Crippen LogP contribution >= 0.6 is 0 Å². The maximum absolute atomic E-state index is 12.7. The Bertz CT molecular complexity index is 729. The number of rotatable bonds is 7. The summed E-state index contributed by atoms with van der Waals surface area (Å²) in [7, 11) is 0. The minimum atomic E-state index is -4.55. The van der Waals surface area contributed by atoms with Crippen LogP contribution in [0, 0.1) is 0 Å². The molecule has 0 aliphatic carbocycles. The molecule has 134 valence electrons. The Morgan fingerprint density at radius 1 is 1.24 bits per heavy atom. The Hall–Kier alpha value is -2.81. The molecule has 3 N–H and O–H groups in total. The van der Waals surface area contributed by atoms with E-state index in [0.717, 1.165) is 18.2 Å². The number of halogens is 3. The van der Waals surface area contributed by atoms with Gasteiger partial charge in [-0.15, -0.1) is 0 Å². The average Bonchev–Trinajstić information content (AvgIpc) is 3.04. The highest BCUT2D eigenvalue weighted by molar-refractivity contribution is 5.95. The molecule has 1 atom stereocenters. The van der Waals surface area contributed by atoms with E-state index in [2.05, 4.69) is 5.32 Å². The van der Waals surface area contributed by atoms with Crippen molar-refractivity contribution in [3.63, 3.8) is 0 Å². The molecule has 25 heavy (non-hydrogen) atoms. The highest BCUT2D eigenvalue weighted by atomic mass is 19.4. The first-order chi connectivity index (χ1) is 11.8. The van der Waals surface area contributed by atoms with Crippen LogP contribution in [0.1, 0.15) is 17.7 Å². The first kappa shape index (κ1) is 18.5. The van der Waals surface area contributed by atoms with Crippen molar-refractivity contribution in [3.05, 3.63) is 54.0 Å². The van der Waals surface area contributed by atoms with Gasteiger partial charge in [0, 0.05) is 18.1 Å². The molecule has 0 fully saturated rings. The smallest absolute Gasteiger partial charge is 0.416 e. The van der Waals surface area contributed by atoms with Gasteiger partial charge in [0.05, 0.1) is 11.8 Å². The Balaban J connectivity index is 2.06. The average molecular weight is 356 g/mol. The van der Waals surface area contributed by atoms with Crippen molar-refractivity contribution in [1.29, 1.82) is 0 Å². The fourth-order valence-electron chi connectivity index (χ4n) is 2.16. The molecule has 1 aromatic heterocycles. The fourth-order valence-corrected chi connectivity index (χ4v) is 2.16. The van der Waals surface area contributed by atoms with Gasteiger partial charge in [0.15, 0.2) is 11.8 Å². The first-order valence-corrected chi connectivity index (χ1v) is 7.29. The molecule has 1 amide bonds. The third-order valence-corrected chi connectivity index (χ3v) is 3.36. The molecule has 6 nitrogen and oxygen atoms in total. The van der Waals surface area contributed by atoms with Gasteiger partial charge in [-0.25, -0.2) is 0 Å². The number of furan rings is 1. The lowest BCUT2D eigenvalue weighted by Gasteiger charge is -2.16. The second-order valence-corrected chi connectivity index (χ2v) is 5.27. The van der Waals surface area contributed by atoms with E-state index in [4.69, 9.17) is 4.42 Å². The molecule has 0 saturated carbocycles. The van der Waals surface area contributed by atoms with Crippen molar-refractivity contribution >= 4 is 17.6 Å². The van der Waals surface area contributed by atoms with Crippen molar-refractivity contribution in [1.82, 2.24) is 0 Å². The minimum absolute atomic E-state index is 0.0745. The summed E-state index contributed by atoms with van der Waals surface area (Å²) in [5.41, 5.74) is -0.990. The SMILES string of the molecule is O=C([O-])C[C@H]([NH2+]Cc1ccco1)C(=O)Nc1cccc(C(F)(F)F)c1. The largest absolute Gasteiger partial charge is 0.550 e. The van der Waals surface area contributed by atoms with Gasteiger partial charge in [-0.3, -0.25) is 4.79 Å². The zero-order chi connectivity index (χ0) is 18.4. The maximum atomic E-state index is 12.7. The predicted octanol–water partition coefficient (Wildman–Crippen LogP) is 0.509. The fraction of sp³-hybridized carbons (Fsp3) is 0.250. The van der Waals surface area contributed by atoms with Crippen molar-refractivity contribution in [2.45, 2.75) is 25.2 Å². The summed E-state index contributed by atoms with van der Waals surface area (Å²) in [6, 6.07) is 6.30. The summed E-state index contributed by atoms with van der Waals surface area (Å²) in [5, 5.41) is 14.5. The van der Waals surface area contributed by atoms with E-state index >= 15 is 0 Å². The maximum Gasteiger partial charge on any atom is 0.416 e. The quantitative estimate of drug-likeness (QED) is 0.755. The lowest BCUT2D eigenvalue weighted by atomic mass is 10.1. The number of carbonyl (C=O) groups excluding carboxylic acids is 2. The summed E-state index contributed by atoms with van der Waals surface area (Å²) in [5.74, 6) is -1.66. The molecule has 1 aromatic carbocycles. The second kappa shape index (κ2) is 7.84. The van der Waals surface area contributed by atoms with Crippen LogP contribution in [0.15, 0.2) is 47.1 Å². The Labute approximate surface area is 140 Å². The standard InChI is InChI=1S/C16H15F3N2O4/c17-16(18,19)10-3-1-4-11(7-10)21-15(24)13(8-14(22)23)20-9-12-5-2-6-25-12/h1-7,13,20H,8-9H2,(H,21,24)(H,22,23)/t13-/m0/s1. The number of carboxylic acid groups (broad SMARTS) is 1. The zero-order valence-corrected chi connectivity index (χ0v) is 12.9. The number of carboxylic acids is 1. The van der Waals surface area contributed by atoms with Gasteiger partial charge in [-0.1, -0.05) is 6.07 Å². The summed E-state index contributed by atoms with van der Waals surface area (Å²) >= 11 is 0. The lowest BCUT2D eigenvalue weighted by molar-refractivity contribution is -0.693. The number of anilines is 1. The van der Waals surface area contributed by atoms with Gasteiger partial charge < -0.3 is 25.0 Å². The van der Waals surface area contributed by atoms with Gasteiger partial charge in [-0.05, 0) is 30.3 Å². The molecule has 0 saturated heterocycles. The molecule has 0 spiro atoms. The number of hydrogen-bond acceptors (Lipinski definition) is 4. The van der Waals surface area contributed by atoms with Crippen LogP contribution in [0.3, 0.4) is 0 Å². The molecule has 0 aliphatic heterocycles. The zero-order valence-electron chi connectivity index (χ0n) is 12.9. The number of aliphatic carboxylic acids is 1. The Morgan fingerprint density at radius 3 is 2.60 bits per heavy atom. The van der Waals surface area contributed by atoms with Crippen LogP contribution in [0.4, 0.5) is 18.9 Å². The van der Waals surface area contributed by atoms with E-state index in [1.807, 2.05) is 0 Å². The van der Waals surface area contributed by atoms with Gasteiger partial charge in [0.1, 0.15) is 6.54 Å². The molecule has 0 bridgehead atoms. The Kier molecular flexibility index (Phi) is 5.81. The number of carbonyl (C=O) groups is 2. The summed E-state index contributed by atoms with van der Waals surface area (Å²) in [4.78, 5) is 23.1. The van der Waals surface area contributed by atoms with E-state index in [1.54, 1.807) is 12.1 Å². The highest BCUT2D eigenvalue weighted by Gasteiger charge is 2.31. The van der Waals surface area contributed by atoms with E-state index in [-0.39, 0.29) is 12.2 Å². The van der Waals surface area contributed by atoms with E-state index in [1.165, 1.54) is 17.6 Å². The molecule has 0 aliphatic rings. The first-order valence-electron chi connectivity index (χ1n) is 7.29. The number of nitrogens with two attached hydrogens (primary N) is 1. The lowest BCUT2D eigenvalue weighted by Crippen LogP contribution is -2.91. The number of nitrogens with one attached hydrogen (secondary N) is 1. The number of quaternary nitrogens is 1. The molecule has 1 heterocycles. The van der Waals surface area contributed by atoms with Gasteiger partial charge in [0.25, 0.3) is 5.91 Å². The molecule has 9 heteroatoms. The highest BCUT2D eigenvalue weighted by Crippen LogP contribution is 2.30. The van der Waals surface area contributed by atoms with Crippen LogP contribution in [0.25, 0.3) is 0 Å². The van der Waals surface area contributed by atoms with Crippen LogP contribution in [0.5, 0.6) is 0 Å². The van der Waals surface area contributed by atoms with Crippen LogP contribution in [0.2, 0.25) is 0 Å². The van der Waals surface area contributed by atoms with Crippen molar-refractivity contribution in [2.75, 3.05) is 5.32 Å². The molecule has 0 radical (unpaired) electrons. The third-order valence-electron chi connectivity index (χ3n) is 3.36. The van der Waals surface area contributed by atoms with Gasteiger partial charge in [-0.2, -0.15) is 13.2 Å². The van der Waals surface area contributed by atoms with Crippen LogP contribution in [-0.4, -0.2) is 17.9 Å². The van der Waals surface area contributed by atoms with Gasteiger partial charge in [0.2, 0.25) is 0 Å². The normalized spacial score (nSPS) is 12.6. The third kappa shape index (κ3) is 5.64. The van der Waals surface area contributed by atoms with Crippen molar-refractivity contribution < 1.29 is 37.6 Å². The minimum Gasteiger partial charge on any atom is -0.550 e. The van der Waals surface area contributed by atoms with E-state index in [9.17, 15) is 27.9 Å².